The molecule has 0 amide bonds. The van der Waals surface area contributed by atoms with E-state index in [1.165, 1.54) is 36.7 Å². The van der Waals surface area contributed by atoms with Crippen molar-refractivity contribution in [3.8, 4) is 0 Å². The van der Waals surface area contributed by atoms with Gasteiger partial charge in [0.2, 0.25) is 0 Å². The molecule has 2 heteroatoms. The molecule has 1 aromatic carbocycles. The average molecular weight is 266 g/mol. The van der Waals surface area contributed by atoms with E-state index < -0.39 is 0 Å². The number of hydrogen-bond acceptors (Lipinski definition) is 1. The predicted octanol–water partition coefficient (Wildman–Crippen LogP) is 3.23. The van der Waals surface area contributed by atoms with Crippen LogP contribution in [0.2, 0.25) is 0 Å². The van der Waals surface area contributed by atoms with Crippen LogP contribution in [0.4, 0.5) is 0 Å². The van der Waals surface area contributed by atoms with E-state index >= 15 is 0 Å². The molecule has 0 spiro atoms. The number of benzene rings is 1. The Kier molecular flexibility index (Phi) is 2.57. The van der Waals surface area contributed by atoms with Crippen molar-refractivity contribution in [3.05, 3.63) is 33.8 Å². The lowest BCUT2D eigenvalue weighted by Gasteiger charge is -2.12. The highest BCUT2D eigenvalue weighted by atomic mass is 79.9. The third-order valence-electron chi connectivity index (χ3n) is 3.57. The molecule has 1 aromatic rings. The molecule has 0 aliphatic heterocycles. The van der Waals surface area contributed by atoms with Crippen molar-refractivity contribution in [2.75, 3.05) is 6.54 Å². The van der Waals surface area contributed by atoms with Crippen LogP contribution >= 0.6 is 15.9 Å². The molecule has 3 rings (SSSR count). The van der Waals surface area contributed by atoms with Gasteiger partial charge in [-0.15, -0.1) is 0 Å². The predicted molar refractivity (Wildman–Crippen MR) is 66.2 cm³/mol. The van der Waals surface area contributed by atoms with Crippen LogP contribution in [0.5, 0.6) is 0 Å². The van der Waals surface area contributed by atoms with Crippen LogP contribution in [0.25, 0.3) is 0 Å². The number of hydrogen-bond donors (Lipinski definition) is 1. The zero-order valence-electron chi connectivity index (χ0n) is 8.80. The van der Waals surface area contributed by atoms with Crippen molar-refractivity contribution in [2.24, 2.45) is 0 Å². The van der Waals surface area contributed by atoms with Crippen molar-refractivity contribution in [3.63, 3.8) is 0 Å². The van der Waals surface area contributed by atoms with E-state index in [1.54, 1.807) is 11.1 Å². The molecule has 0 aromatic heterocycles. The van der Waals surface area contributed by atoms with Gasteiger partial charge in [-0.05, 0) is 48.8 Å². The fourth-order valence-electron chi connectivity index (χ4n) is 2.50. The van der Waals surface area contributed by atoms with Gasteiger partial charge in [-0.25, -0.2) is 0 Å². The maximum Gasteiger partial charge on any atom is 0.0210 e. The molecule has 1 atom stereocenters. The van der Waals surface area contributed by atoms with Gasteiger partial charge < -0.3 is 5.32 Å². The molecular weight excluding hydrogens is 250 g/mol. The van der Waals surface area contributed by atoms with Crippen LogP contribution in [0, 0.1) is 0 Å². The van der Waals surface area contributed by atoms with Crippen molar-refractivity contribution in [1.82, 2.24) is 5.32 Å². The van der Waals surface area contributed by atoms with E-state index in [0.29, 0.717) is 0 Å². The number of rotatable bonds is 3. The van der Waals surface area contributed by atoms with E-state index in [-0.39, 0.29) is 0 Å². The summed E-state index contributed by atoms with van der Waals surface area (Å²) in [5, 5.41) is 3.64. The Balaban J connectivity index is 1.75. The van der Waals surface area contributed by atoms with E-state index in [4.69, 9.17) is 0 Å². The standard InChI is InChI=1S/C13H16BrN/c14-13-3-1-2-11-9(4-7-12(11)13)8-15-10-5-6-10/h1-3,9-10,15H,4-8H2. The van der Waals surface area contributed by atoms with Crippen LogP contribution < -0.4 is 5.32 Å². The average Bonchev–Trinajstić information content (AvgIpc) is 2.97. The lowest BCUT2D eigenvalue weighted by atomic mass is 10.0. The molecule has 1 unspecified atom stereocenters. The van der Waals surface area contributed by atoms with Gasteiger partial charge in [0.05, 0.1) is 0 Å². The summed E-state index contributed by atoms with van der Waals surface area (Å²) in [6, 6.07) is 7.46. The van der Waals surface area contributed by atoms with Crippen LogP contribution in [0.1, 0.15) is 36.3 Å². The summed E-state index contributed by atoms with van der Waals surface area (Å²) in [5.74, 6) is 0.748. The van der Waals surface area contributed by atoms with E-state index in [2.05, 4.69) is 39.4 Å². The zero-order chi connectivity index (χ0) is 10.3. The second kappa shape index (κ2) is 3.91. The molecule has 0 heterocycles. The summed E-state index contributed by atoms with van der Waals surface area (Å²) in [6.07, 6.45) is 5.33. The van der Waals surface area contributed by atoms with Gasteiger partial charge >= 0.3 is 0 Å². The van der Waals surface area contributed by atoms with E-state index in [9.17, 15) is 0 Å². The highest BCUT2D eigenvalue weighted by Gasteiger charge is 2.26. The van der Waals surface area contributed by atoms with E-state index in [0.717, 1.165) is 12.0 Å². The molecule has 1 N–H and O–H groups in total. The summed E-state index contributed by atoms with van der Waals surface area (Å²) in [7, 11) is 0. The van der Waals surface area contributed by atoms with Gasteiger partial charge in [0.15, 0.2) is 0 Å². The highest BCUT2D eigenvalue weighted by Crippen LogP contribution is 2.37. The largest absolute Gasteiger partial charge is 0.313 e. The molecule has 1 saturated carbocycles. The minimum atomic E-state index is 0.748. The Bertz CT molecular complexity index is 371. The van der Waals surface area contributed by atoms with Crippen molar-refractivity contribution < 1.29 is 0 Å². The molecular formula is C13H16BrN. The maximum absolute atomic E-state index is 3.65. The molecule has 80 valence electrons. The maximum atomic E-state index is 3.65. The third kappa shape index (κ3) is 1.98. The van der Waals surface area contributed by atoms with Crippen molar-refractivity contribution >= 4 is 15.9 Å². The third-order valence-corrected chi connectivity index (χ3v) is 4.31. The lowest BCUT2D eigenvalue weighted by Crippen LogP contribution is -2.22. The minimum absolute atomic E-state index is 0.748. The summed E-state index contributed by atoms with van der Waals surface area (Å²) in [6.45, 7) is 1.17. The quantitative estimate of drug-likeness (QED) is 0.885. The summed E-state index contributed by atoms with van der Waals surface area (Å²) < 4.78 is 1.30. The number of fused-ring (bicyclic) bond motifs is 1. The van der Waals surface area contributed by atoms with Crippen molar-refractivity contribution in [1.29, 1.82) is 0 Å². The first-order valence-corrected chi connectivity index (χ1v) is 6.64. The Labute approximate surface area is 99.4 Å². The smallest absolute Gasteiger partial charge is 0.0210 e. The topological polar surface area (TPSA) is 12.0 Å². The molecule has 1 nitrogen and oxygen atoms in total. The van der Waals surface area contributed by atoms with Crippen LogP contribution in [-0.4, -0.2) is 12.6 Å². The SMILES string of the molecule is Brc1cccc2c1CCC2CNC1CC1. The minimum Gasteiger partial charge on any atom is -0.313 e. The summed E-state index contributed by atoms with van der Waals surface area (Å²) in [4.78, 5) is 0. The van der Waals surface area contributed by atoms with Gasteiger partial charge in [-0.3, -0.25) is 0 Å². The number of halogens is 1. The van der Waals surface area contributed by atoms with E-state index in [1.807, 2.05) is 0 Å². The lowest BCUT2D eigenvalue weighted by molar-refractivity contribution is 0.576. The highest BCUT2D eigenvalue weighted by molar-refractivity contribution is 9.10. The van der Waals surface area contributed by atoms with Crippen LogP contribution in [-0.2, 0) is 6.42 Å². The fourth-order valence-corrected chi connectivity index (χ4v) is 3.08. The van der Waals surface area contributed by atoms with Gasteiger partial charge in [0.25, 0.3) is 0 Å². The summed E-state index contributed by atoms with van der Waals surface area (Å²) in [5.41, 5.74) is 3.11. The molecule has 0 bridgehead atoms. The normalized spacial score (nSPS) is 24.2. The molecule has 0 saturated heterocycles. The number of nitrogens with one attached hydrogen (secondary N) is 1. The first-order chi connectivity index (χ1) is 7.34. The first kappa shape index (κ1) is 9.86. The summed E-state index contributed by atoms with van der Waals surface area (Å²) >= 11 is 3.65. The Morgan fingerprint density at radius 2 is 2.13 bits per heavy atom. The Morgan fingerprint density at radius 1 is 1.27 bits per heavy atom. The van der Waals surface area contributed by atoms with Crippen LogP contribution in [0.3, 0.4) is 0 Å². The van der Waals surface area contributed by atoms with Gasteiger partial charge in [0, 0.05) is 17.1 Å². The van der Waals surface area contributed by atoms with Crippen molar-refractivity contribution in [2.45, 2.75) is 37.6 Å². The Morgan fingerprint density at radius 3 is 2.93 bits per heavy atom. The molecule has 15 heavy (non-hydrogen) atoms. The molecule has 0 radical (unpaired) electrons. The molecule has 2 aliphatic rings. The van der Waals surface area contributed by atoms with Gasteiger partial charge in [-0.1, -0.05) is 28.1 Å². The molecule has 2 aliphatic carbocycles. The zero-order valence-corrected chi connectivity index (χ0v) is 10.4. The van der Waals surface area contributed by atoms with Gasteiger partial charge in [0.1, 0.15) is 0 Å². The second-order valence-electron chi connectivity index (χ2n) is 4.73. The first-order valence-electron chi connectivity index (χ1n) is 5.85. The molecule has 1 fully saturated rings. The monoisotopic (exact) mass is 265 g/mol. The van der Waals surface area contributed by atoms with Crippen LogP contribution in [0.15, 0.2) is 22.7 Å². The fraction of sp³-hybridized carbons (Fsp3) is 0.538. The van der Waals surface area contributed by atoms with Gasteiger partial charge in [-0.2, -0.15) is 0 Å². The Hall–Kier alpha value is -0.340. The second-order valence-corrected chi connectivity index (χ2v) is 5.58.